The Labute approximate surface area is 187 Å². The van der Waals surface area contributed by atoms with Crippen LogP contribution in [0.2, 0.25) is 0 Å². The zero-order chi connectivity index (χ0) is 22.5. The average Bonchev–Trinajstić information content (AvgIpc) is 2.80. The smallest absolute Gasteiger partial charge is 0.224 e. The summed E-state index contributed by atoms with van der Waals surface area (Å²) in [4.78, 5) is 25.5. The van der Waals surface area contributed by atoms with Crippen LogP contribution in [0.5, 0.6) is 11.6 Å². The van der Waals surface area contributed by atoms with Gasteiger partial charge in [-0.1, -0.05) is 30.3 Å². The molecule has 0 radical (unpaired) electrons. The average molecular weight is 435 g/mol. The summed E-state index contributed by atoms with van der Waals surface area (Å²) >= 11 is 0. The molecule has 0 bridgehead atoms. The Morgan fingerprint density at radius 3 is 2.69 bits per heavy atom. The van der Waals surface area contributed by atoms with Gasteiger partial charge in [-0.05, 0) is 49.6 Å². The normalized spacial score (nSPS) is 16.2. The van der Waals surface area contributed by atoms with Crippen molar-refractivity contribution in [2.45, 2.75) is 32.7 Å². The number of nitrogens with zero attached hydrogens (tertiary/aromatic N) is 4. The highest BCUT2D eigenvalue weighted by Crippen LogP contribution is 2.27. The van der Waals surface area contributed by atoms with Gasteiger partial charge in [0.1, 0.15) is 23.7 Å². The van der Waals surface area contributed by atoms with E-state index in [1.165, 1.54) is 24.0 Å². The summed E-state index contributed by atoms with van der Waals surface area (Å²) in [5.41, 5.74) is 1.87. The third-order valence-corrected chi connectivity index (χ3v) is 5.72. The van der Waals surface area contributed by atoms with Crippen LogP contribution in [0, 0.1) is 12.7 Å². The van der Waals surface area contributed by atoms with Crippen molar-refractivity contribution >= 4 is 11.7 Å². The molecule has 7 heteroatoms. The summed E-state index contributed by atoms with van der Waals surface area (Å²) in [6.07, 6.45) is 2.73. The van der Waals surface area contributed by atoms with Crippen molar-refractivity contribution in [2.75, 3.05) is 24.5 Å². The minimum Gasteiger partial charge on any atom is -0.439 e. The lowest BCUT2D eigenvalue weighted by atomic mass is 10.1. The zero-order valence-electron chi connectivity index (χ0n) is 18.4. The first-order chi connectivity index (χ1) is 15.5. The Bertz CT molecular complexity index is 1080. The topological polar surface area (TPSA) is 58.6 Å². The number of hydrogen-bond donors (Lipinski definition) is 0. The van der Waals surface area contributed by atoms with Crippen LogP contribution in [0.3, 0.4) is 0 Å². The van der Waals surface area contributed by atoms with Crippen LogP contribution in [0.25, 0.3) is 0 Å². The van der Waals surface area contributed by atoms with Crippen LogP contribution in [0.4, 0.5) is 10.2 Å². The molecule has 2 aromatic carbocycles. The Kier molecular flexibility index (Phi) is 6.63. The van der Waals surface area contributed by atoms with Gasteiger partial charge in [-0.15, -0.1) is 0 Å². The quantitative estimate of drug-likeness (QED) is 0.576. The van der Waals surface area contributed by atoms with Gasteiger partial charge in [0.05, 0.1) is 0 Å². The fourth-order valence-corrected chi connectivity index (χ4v) is 3.97. The molecule has 1 aliphatic rings. The maximum atomic E-state index is 13.3. The van der Waals surface area contributed by atoms with E-state index < -0.39 is 0 Å². The highest BCUT2D eigenvalue weighted by molar-refractivity contribution is 5.77. The number of piperazine rings is 1. The fraction of sp³-hybridized carbons (Fsp3) is 0.320. The van der Waals surface area contributed by atoms with E-state index in [9.17, 15) is 9.18 Å². The summed E-state index contributed by atoms with van der Waals surface area (Å²) < 4.78 is 19.2. The number of aromatic nitrogens is 2. The van der Waals surface area contributed by atoms with E-state index in [1.807, 2.05) is 23.1 Å². The van der Waals surface area contributed by atoms with Crippen LogP contribution >= 0.6 is 0 Å². The second-order valence-corrected chi connectivity index (χ2v) is 8.09. The molecule has 1 unspecified atom stereocenters. The number of hydrogen-bond acceptors (Lipinski definition) is 5. The molecule has 0 spiro atoms. The number of carbonyl (C=O) groups excluding carboxylic acids is 1. The number of halogens is 1. The van der Waals surface area contributed by atoms with Gasteiger partial charge in [0.15, 0.2) is 0 Å². The highest BCUT2D eigenvalue weighted by Gasteiger charge is 2.28. The second kappa shape index (κ2) is 9.77. The van der Waals surface area contributed by atoms with Crippen LogP contribution in [0.15, 0.2) is 60.9 Å². The minimum absolute atomic E-state index is 0.0747. The molecule has 1 saturated heterocycles. The molecular formula is C25H27FN4O2. The van der Waals surface area contributed by atoms with Gasteiger partial charge in [-0.3, -0.25) is 4.79 Å². The molecule has 1 amide bonds. The van der Waals surface area contributed by atoms with E-state index >= 15 is 0 Å². The molecule has 1 aromatic heterocycles. The summed E-state index contributed by atoms with van der Waals surface area (Å²) in [6.45, 7) is 5.87. The van der Waals surface area contributed by atoms with E-state index in [-0.39, 0.29) is 17.8 Å². The third kappa shape index (κ3) is 5.22. The molecule has 1 fully saturated rings. The number of amides is 1. The van der Waals surface area contributed by atoms with Crippen molar-refractivity contribution in [2.24, 2.45) is 0 Å². The Balaban J connectivity index is 1.36. The van der Waals surface area contributed by atoms with Crippen molar-refractivity contribution in [1.82, 2.24) is 14.9 Å². The molecule has 166 valence electrons. The Hall–Kier alpha value is -3.48. The molecule has 0 N–H and O–H groups in total. The van der Waals surface area contributed by atoms with Gasteiger partial charge in [-0.2, -0.15) is 0 Å². The SMILES string of the molecule is Cc1cc(F)ccc1Oc1cc(N2CCN(C(=O)CCc3ccccc3)C(C)C2)ncn1. The first kappa shape index (κ1) is 21.7. The highest BCUT2D eigenvalue weighted by atomic mass is 19.1. The number of rotatable bonds is 6. The molecule has 1 atom stereocenters. The molecule has 0 saturated carbocycles. The van der Waals surface area contributed by atoms with Gasteiger partial charge in [0, 0.05) is 38.2 Å². The van der Waals surface area contributed by atoms with Crippen LogP contribution in [-0.2, 0) is 11.2 Å². The first-order valence-electron chi connectivity index (χ1n) is 10.8. The summed E-state index contributed by atoms with van der Waals surface area (Å²) in [5, 5.41) is 0. The summed E-state index contributed by atoms with van der Waals surface area (Å²) in [7, 11) is 0. The lowest BCUT2D eigenvalue weighted by Gasteiger charge is -2.40. The summed E-state index contributed by atoms with van der Waals surface area (Å²) in [6, 6.07) is 16.3. The largest absolute Gasteiger partial charge is 0.439 e. The first-order valence-corrected chi connectivity index (χ1v) is 10.8. The zero-order valence-corrected chi connectivity index (χ0v) is 18.4. The van der Waals surface area contributed by atoms with Gasteiger partial charge in [0.25, 0.3) is 0 Å². The molecule has 2 heterocycles. The maximum absolute atomic E-state index is 13.3. The van der Waals surface area contributed by atoms with Gasteiger partial charge in [-0.25, -0.2) is 14.4 Å². The standard InChI is InChI=1S/C25H27FN4O2/c1-18-14-21(26)9-10-22(18)32-24-15-23(27-17-28-24)29-12-13-30(19(2)16-29)25(31)11-8-20-6-4-3-5-7-20/h3-7,9-10,14-15,17,19H,8,11-13,16H2,1-2H3. The van der Waals surface area contributed by atoms with Crippen molar-refractivity contribution in [3.63, 3.8) is 0 Å². The molecule has 3 aromatic rings. The van der Waals surface area contributed by atoms with E-state index in [0.717, 1.165) is 12.2 Å². The van der Waals surface area contributed by atoms with Crippen LogP contribution in [-0.4, -0.2) is 46.5 Å². The van der Waals surface area contributed by atoms with Crippen molar-refractivity contribution in [3.8, 4) is 11.6 Å². The lowest BCUT2D eigenvalue weighted by Crippen LogP contribution is -2.54. The van der Waals surface area contributed by atoms with E-state index in [1.54, 1.807) is 19.1 Å². The minimum atomic E-state index is -0.302. The van der Waals surface area contributed by atoms with Crippen LogP contribution in [0.1, 0.15) is 24.5 Å². The maximum Gasteiger partial charge on any atom is 0.224 e. The molecular weight excluding hydrogens is 407 g/mol. The fourth-order valence-electron chi connectivity index (χ4n) is 3.97. The Morgan fingerprint density at radius 2 is 1.94 bits per heavy atom. The van der Waals surface area contributed by atoms with Crippen molar-refractivity contribution in [1.29, 1.82) is 0 Å². The monoisotopic (exact) mass is 434 g/mol. The van der Waals surface area contributed by atoms with Crippen LogP contribution < -0.4 is 9.64 Å². The second-order valence-electron chi connectivity index (χ2n) is 8.09. The van der Waals surface area contributed by atoms with Gasteiger partial charge >= 0.3 is 0 Å². The predicted octanol–water partition coefficient (Wildman–Crippen LogP) is 4.39. The molecule has 6 nitrogen and oxygen atoms in total. The number of carbonyl (C=O) groups is 1. The predicted molar refractivity (Wildman–Crippen MR) is 121 cm³/mol. The summed E-state index contributed by atoms with van der Waals surface area (Å²) in [5.74, 6) is 1.58. The number of ether oxygens (including phenoxy) is 1. The van der Waals surface area contributed by atoms with Crippen molar-refractivity contribution < 1.29 is 13.9 Å². The lowest BCUT2D eigenvalue weighted by molar-refractivity contribution is -0.133. The van der Waals surface area contributed by atoms with Gasteiger partial charge in [0.2, 0.25) is 11.8 Å². The van der Waals surface area contributed by atoms with E-state index in [0.29, 0.717) is 43.2 Å². The van der Waals surface area contributed by atoms with Gasteiger partial charge < -0.3 is 14.5 Å². The third-order valence-electron chi connectivity index (χ3n) is 5.72. The number of aryl methyl sites for hydroxylation is 2. The number of anilines is 1. The molecule has 0 aliphatic carbocycles. The molecule has 1 aliphatic heterocycles. The van der Waals surface area contributed by atoms with E-state index in [2.05, 4.69) is 33.9 Å². The Morgan fingerprint density at radius 1 is 1.12 bits per heavy atom. The van der Waals surface area contributed by atoms with Crippen molar-refractivity contribution in [3.05, 3.63) is 77.9 Å². The molecule has 4 rings (SSSR count). The number of benzene rings is 2. The van der Waals surface area contributed by atoms with E-state index in [4.69, 9.17) is 4.74 Å². The molecule has 32 heavy (non-hydrogen) atoms.